The second-order valence-electron chi connectivity index (χ2n) is 8.71. The van der Waals surface area contributed by atoms with Crippen LogP contribution in [0.3, 0.4) is 0 Å². The molecule has 42 heavy (non-hydrogen) atoms. The van der Waals surface area contributed by atoms with Crippen molar-refractivity contribution in [3.8, 4) is 45.0 Å². The lowest BCUT2D eigenvalue weighted by atomic mass is 9.89. The van der Waals surface area contributed by atoms with E-state index in [0.717, 1.165) is 6.07 Å². The summed E-state index contributed by atoms with van der Waals surface area (Å²) < 4.78 is 218. The van der Waals surface area contributed by atoms with E-state index in [9.17, 15) is 8.22 Å². The van der Waals surface area contributed by atoms with Crippen molar-refractivity contribution in [1.82, 2.24) is 9.97 Å². The van der Waals surface area contributed by atoms with Crippen LogP contribution in [0.2, 0.25) is 0 Å². The van der Waals surface area contributed by atoms with Gasteiger partial charge in [-0.05, 0) is 55.6 Å². The van der Waals surface area contributed by atoms with E-state index in [1.54, 1.807) is 0 Å². The fourth-order valence-corrected chi connectivity index (χ4v) is 4.43. The molecule has 0 saturated carbocycles. The number of benzene rings is 7. The molecule has 0 amide bonds. The molecule has 0 aliphatic heterocycles. The predicted molar refractivity (Wildman–Crippen MR) is 176 cm³/mol. The van der Waals surface area contributed by atoms with Gasteiger partial charge in [-0.25, -0.2) is 9.97 Å². The Bertz CT molecular complexity index is 3470. The maximum absolute atomic E-state index is 9.48. The minimum absolute atomic E-state index is 0.504. The molecule has 1 heterocycles. The molecule has 0 aliphatic carbocycles. The van der Waals surface area contributed by atoms with E-state index >= 15 is 0 Å². The fraction of sp³-hybridized carbons (Fsp3) is 0. The van der Waals surface area contributed by atoms with E-state index in [2.05, 4.69) is 9.97 Å². The van der Waals surface area contributed by atoms with Crippen LogP contribution >= 0.6 is 0 Å². The Morgan fingerprint density at radius 1 is 0.381 bits per heavy atom. The molecule has 2 nitrogen and oxygen atoms in total. The Hall–Kier alpha value is -5.60. The van der Waals surface area contributed by atoms with Crippen molar-refractivity contribution in [2.24, 2.45) is 0 Å². The molecular weight excluding hydrogens is 508 g/mol. The van der Waals surface area contributed by atoms with Crippen LogP contribution in [0.25, 0.3) is 77.3 Å². The molecule has 0 spiro atoms. The molecule has 8 aromatic rings. The van der Waals surface area contributed by atoms with E-state index in [1.165, 1.54) is 0 Å². The molecule has 0 unspecified atom stereocenters. The first kappa shape index (κ1) is 9.75. The van der Waals surface area contributed by atoms with Crippen LogP contribution in [-0.2, 0) is 0 Å². The van der Waals surface area contributed by atoms with Gasteiger partial charge in [0.25, 0.3) is 0 Å². The second-order valence-corrected chi connectivity index (χ2v) is 8.71. The molecule has 8 rings (SSSR count). The normalized spacial score (nSPS) is 19.7. The first-order valence-electron chi connectivity index (χ1n) is 24.7. The Morgan fingerprint density at radius 3 is 1.64 bits per heavy atom. The SMILES string of the molecule is [2H]c1c([2H])c([2H])c(-c2cc(-c3c([2H])c([2H])c(-c4c5c([2H])c([2H])c([2H])c([2H])c5c([2H])c5c4c([2H])c([2H])c4c([2H])c([2H])c([2H])c([2H])c45)c([2H])c3[2H])nc(-c3c([2H])c([2H])c([2H])c([2H])c3[2H])n2)c([2H])c1[2H]. The van der Waals surface area contributed by atoms with Gasteiger partial charge >= 0.3 is 0 Å². The number of hydrogen-bond acceptors (Lipinski definition) is 2. The van der Waals surface area contributed by atoms with Crippen molar-refractivity contribution in [3.05, 3.63) is 157 Å². The zero-order valence-corrected chi connectivity index (χ0v) is 21.0. The summed E-state index contributed by atoms with van der Waals surface area (Å²) in [6.07, 6.45) is 0. The van der Waals surface area contributed by atoms with Gasteiger partial charge in [0, 0.05) is 16.7 Å². The number of fused-ring (bicyclic) bond motifs is 4. The minimum atomic E-state index is -1.00. The average molecular weight is 560 g/mol. The topological polar surface area (TPSA) is 25.8 Å². The summed E-state index contributed by atoms with van der Waals surface area (Å²) in [5, 5.41) is -3.34. The molecule has 0 aliphatic rings. The van der Waals surface area contributed by atoms with Crippen molar-refractivity contribution in [2.45, 2.75) is 0 Å². The highest BCUT2D eigenvalue weighted by Crippen LogP contribution is 2.40. The van der Waals surface area contributed by atoms with Gasteiger partial charge in [0.05, 0.1) is 45.7 Å². The molecule has 0 N–H and O–H groups in total. The summed E-state index contributed by atoms with van der Waals surface area (Å²) in [4.78, 5) is 8.59. The summed E-state index contributed by atoms with van der Waals surface area (Å²) >= 11 is 0. The van der Waals surface area contributed by atoms with Gasteiger partial charge in [0.15, 0.2) is 5.82 Å². The van der Waals surface area contributed by atoms with Gasteiger partial charge in [0.1, 0.15) is 0 Å². The standard InChI is InChI=1S/C40H26N2/c1-3-12-28(13-4-1)37-26-38(42-40(41-37)31-14-5-2-6-15-31)29-19-21-30(22-20-29)39-34-18-10-8-16-32(34)25-36-33-17-9-7-11-27(33)23-24-35(36)39/h1-26H/i1D,2D,3D,4D,5D,6D,7D,8D,9D,10D,11D,12D,13D,14D,15D,16D,17D,18D,19D,20D,21D,22D,23D,24D,25D. The van der Waals surface area contributed by atoms with Gasteiger partial charge in [-0.3, -0.25) is 0 Å². The maximum atomic E-state index is 9.48. The summed E-state index contributed by atoms with van der Waals surface area (Å²) in [6, 6.07) is -20.3. The quantitative estimate of drug-likeness (QED) is 0.158. The number of rotatable bonds is 4. The Balaban J connectivity index is 1.59. The lowest BCUT2D eigenvalue weighted by Gasteiger charge is -2.15. The third-order valence-corrected chi connectivity index (χ3v) is 6.27. The van der Waals surface area contributed by atoms with Crippen LogP contribution in [0.5, 0.6) is 0 Å². The first-order valence-corrected chi connectivity index (χ1v) is 12.2. The van der Waals surface area contributed by atoms with Crippen molar-refractivity contribution < 1.29 is 34.3 Å². The highest BCUT2D eigenvalue weighted by molar-refractivity contribution is 6.20. The van der Waals surface area contributed by atoms with Crippen LogP contribution in [0, 0.1) is 0 Å². The second kappa shape index (κ2) is 10.1. The lowest BCUT2D eigenvalue weighted by Crippen LogP contribution is -1.96. The molecular formula is C40H26N2. The summed E-state index contributed by atoms with van der Waals surface area (Å²) in [5.74, 6) is -0.727. The van der Waals surface area contributed by atoms with Crippen LogP contribution in [0.1, 0.15) is 34.3 Å². The largest absolute Gasteiger partial charge is 0.228 e. The highest BCUT2D eigenvalue weighted by Gasteiger charge is 2.14. The molecule has 2 heteroatoms. The average Bonchev–Trinajstić information content (AvgIpc) is 3.29. The molecule has 196 valence electrons. The number of nitrogens with zero attached hydrogens (tertiary/aromatic N) is 2. The van der Waals surface area contributed by atoms with Gasteiger partial charge in [-0.1, -0.05) is 145 Å². The molecule has 0 bridgehead atoms. The molecule has 0 fully saturated rings. The first-order chi connectivity index (χ1) is 31.2. The maximum Gasteiger partial charge on any atom is 0.160 e. The molecule has 1 aromatic heterocycles. The smallest absolute Gasteiger partial charge is 0.160 e. The predicted octanol–water partition coefficient (Wildman–Crippen LogP) is 10.6. The lowest BCUT2D eigenvalue weighted by molar-refractivity contribution is 1.18. The zero-order chi connectivity index (χ0) is 49.6. The van der Waals surface area contributed by atoms with Crippen molar-refractivity contribution in [2.75, 3.05) is 0 Å². The number of aromatic nitrogens is 2. The van der Waals surface area contributed by atoms with Gasteiger partial charge in [0.2, 0.25) is 0 Å². The number of hydrogen-bond donors (Lipinski definition) is 0. The van der Waals surface area contributed by atoms with Crippen molar-refractivity contribution in [1.29, 1.82) is 0 Å². The summed E-state index contributed by atoms with van der Waals surface area (Å²) in [5.41, 5.74) is -4.49. The third kappa shape index (κ3) is 4.22. The van der Waals surface area contributed by atoms with Crippen LogP contribution in [0.15, 0.2) is 157 Å². The summed E-state index contributed by atoms with van der Waals surface area (Å²) in [6.45, 7) is 0. The van der Waals surface area contributed by atoms with E-state index in [4.69, 9.17) is 26.0 Å². The zero-order valence-electron chi connectivity index (χ0n) is 46.0. The van der Waals surface area contributed by atoms with E-state index in [0.29, 0.717) is 0 Å². The van der Waals surface area contributed by atoms with Crippen molar-refractivity contribution >= 4 is 32.3 Å². The third-order valence-electron chi connectivity index (χ3n) is 6.27. The van der Waals surface area contributed by atoms with Crippen LogP contribution < -0.4 is 0 Å². The monoisotopic (exact) mass is 559 g/mol. The Labute approximate surface area is 279 Å². The van der Waals surface area contributed by atoms with Crippen LogP contribution in [-0.4, -0.2) is 9.97 Å². The van der Waals surface area contributed by atoms with Crippen molar-refractivity contribution in [3.63, 3.8) is 0 Å². The van der Waals surface area contributed by atoms with E-state index < -0.39 is 228 Å². The van der Waals surface area contributed by atoms with Gasteiger partial charge in [-0.2, -0.15) is 0 Å². The van der Waals surface area contributed by atoms with Crippen LogP contribution in [0.4, 0.5) is 0 Å². The fourth-order valence-electron chi connectivity index (χ4n) is 4.43. The van der Waals surface area contributed by atoms with E-state index in [-0.39, 0.29) is 0 Å². The summed E-state index contributed by atoms with van der Waals surface area (Å²) in [7, 11) is 0. The Morgan fingerprint density at radius 2 is 0.929 bits per heavy atom. The molecule has 0 saturated heterocycles. The molecule has 0 radical (unpaired) electrons. The van der Waals surface area contributed by atoms with Gasteiger partial charge in [-0.15, -0.1) is 0 Å². The Kier molecular flexibility index (Phi) is 2.34. The molecule has 0 atom stereocenters. The van der Waals surface area contributed by atoms with Gasteiger partial charge < -0.3 is 0 Å². The van der Waals surface area contributed by atoms with E-state index in [1.807, 2.05) is 0 Å². The molecule has 7 aromatic carbocycles. The minimum Gasteiger partial charge on any atom is -0.228 e. The highest BCUT2D eigenvalue weighted by atomic mass is 14.9.